The van der Waals surface area contributed by atoms with Crippen molar-refractivity contribution >= 4 is 17.5 Å². The van der Waals surface area contributed by atoms with Crippen molar-refractivity contribution in [1.29, 1.82) is 0 Å². The lowest BCUT2D eigenvalue weighted by atomic mass is 10.1. The van der Waals surface area contributed by atoms with Gasteiger partial charge in [0.05, 0.1) is 5.69 Å². The Morgan fingerprint density at radius 3 is 2.76 bits per heavy atom. The van der Waals surface area contributed by atoms with Crippen LogP contribution in [0.2, 0.25) is 5.02 Å². The summed E-state index contributed by atoms with van der Waals surface area (Å²) in [5.41, 5.74) is 3.80. The van der Waals surface area contributed by atoms with Gasteiger partial charge in [-0.1, -0.05) is 29.8 Å². The normalized spacial score (nSPS) is 10.4. The minimum Gasteiger partial charge on any atom is -0.352 e. The Bertz CT molecular complexity index is 852. The molecule has 0 aliphatic rings. The van der Waals surface area contributed by atoms with Gasteiger partial charge in [-0.15, -0.1) is 0 Å². The molecule has 25 heavy (non-hydrogen) atoms. The molecule has 0 aliphatic carbocycles. The summed E-state index contributed by atoms with van der Waals surface area (Å²) < 4.78 is 0. The highest BCUT2D eigenvalue weighted by Gasteiger charge is 2.08. The van der Waals surface area contributed by atoms with Gasteiger partial charge < -0.3 is 5.32 Å². The molecule has 126 valence electrons. The molecule has 4 nitrogen and oxygen atoms in total. The van der Waals surface area contributed by atoms with E-state index in [1.54, 1.807) is 18.6 Å². The number of carbonyl (C=O) groups is 1. The quantitative estimate of drug-likeness (QED) is 0.729. The van der Waals surface area contributed by atoms with Crippen LogP contribution >= 0.6 is 11.6 Å². The van der Waals surface area contributed by atoms with E-state index in [0.29, 0.717) is 24.4 Å². The third-order valence-corrected chi connectivity index (χ3v) is 4.07. The number of aryl methyl sites for hydroxylation is 1. The standard InChI is InChI=1S/C20H18ClN3O/c21-18-7-1-4-15(12-18)8-9-19(25)24-14-17-6-3-11-23-20(17)16-5-2-10-22-13-16/h1-7,10-13H,8-9,14H2,(H,24,25). The number of benzene rings is 1. The molecule has 1 N–H and O–H groups in total. The van der Waals surface area contributed by atoms with E-state index in [1.165, 1.54) is 0 Å². The number of pyridine rings is 2. The first kappa shape index (κ1) is 17.1. The van der Waals surface area contributed by atoms with Gasteiger partial charge in [0, 0.05) is 42.1 Å². The third-order valence-electron chi connectivity index (χ3n) is 3.83. The van der Waals surface area contributed by atoms with Crippen LogP contribution in [0, 0.1) is 0 Å². The van der Waals surface area contributed by atoms with E-state index in [4.69, 9.17) is 11.6 Å². The number of hydrogen-bond donors (Lipinski definition) is 1. The molecule has 0 aliphatic heterocycles. The topological polar surface area (TPSA) is 54.9 Å². The van der Waals surface area contributed by atoms with Gasteiger partial charge in [-0.3, -0.25) is 14.8 Å². The maximum atomic E-state index is 12.1. The van der Waals surface area contributed by atoms with Crippen LogP contribution < -0.4 is 5.32 Å². The van der Waals surface area contributed by atoms with E-state index in [0.717, 1.165) is 22.4 Å². The van der Waals surface area contributed by atoms with Gasteiger partial charge in [0.15, 0.2) is 0 Å². The number of amides is 1. The van der Waals surface area contributed by atoms with Crippen LogP contribution in [-0.4, -0.2) is 15.9 Å². The van der Waals surface area contributed by atoms with Crippen LogP contribution in [0.25, 0.3) is 11.3 Å². The summed E-state index contributed by atoms with van der Waals surface area (Å²) in [7, 11) is 0. The van der Waals surface area contributed by atoms with Crippen molar-refractivity contribution in [3.8, 4) is 11.3 Å². The van der Waals surface area contributed by atoms with E-state index in [9.17, 15) is 4.79 Å². The van der Waals surface area contributed by atoms with E-state index >= 15 is 0 Å². The van der Waals surface area contributed by atoms with Crippen molar-refractivity contribution in [3.63, 3.8) is 0 Å². The summed E-state index contributed by atoms with van der Waals surface area (Å²) in [6.45, 7) is 0.437. The number of halogens is 1. The van der Waals surface area contributed by atoms with E-state index in [-0.39, 0.29) is 5.91 Å². The minimum absolute atomic E-state index is 0.000894. The molecule has 1 amide bonds. The molecule has 3 aromatic rings. The van der Waals surface area contributed by atoms with Gasteiger partial charge in [0.2, 0.25) is 5.91 Å². The number of nitrogens with one attached hydrogen (secondary N) is 1. The van der Waals surface area contributed by atoms with Crippen LogP contribution in [-0.2, 0) is 17.8 Å². The predicted octanol–water partition coefficient (Wildman–Crippen LogP) is 4.05. The number of nitrogens with zero attached hydrogens (tertiary/aromatic N) is 2. The summed E-state index contributed by atoms with van der Waals surface area (Å²) >= 11 is 5.96. The van der Waals surface area contributed by atoms with Gasteiger partial charge in [0.25, 0.3) is 0 Å². The highest BCUT2D eigenvalue weighted by molar-refractivity contribution is 6.30. The first-order valence-electron chi connectivity index (χ1n) is 8.08. The van der Waals surface area contributed by atoms with Crippen molar-refractivity contribution in [1.82, 2.24) is 15.3 Å². The van der Waals surface area contributed by atoms with Crippen molar-refractivity contribution in [2.45, 2.75) is 19.4 Å². The van der Waals surface area contributed by atoms with Crippen LogP contribution in [0.3, 0.4) is 0 Å². The molecule has 0 radical (unpaired) electrons. The van der Waals surface area contributed by atoms with Crippen molar-refractivity contribution < 1.29 is 4.79 Å². The van der Waals surface area contributed by atoms with Gasteiger partial charge in [-0.25, -0.2) is 0 Å². The average Bonchev–Trinajstić information content (AvgIpc) is 2.66. The van der Waals surface area contributed by atoms with Crippen LogP contribution in [0.1, 0.15) is 17.5 Å². The first-order chi connectivity index (χ1) is 12.2. The molecule has 0 bridgehead atoms. The summed E-state index contributed by atoms with van der Waals surface area (Å²) in [6.07, 6.45) is 6.32. The van der Waals surface area contributed by atoms with Gasteiger partial charge >= 0.3 is 0 Å². The predicted molar refractivity (Wildman–Crippen MR) is 99.1 cm³/mol. The Morgan fingerprint density at radius 1 is 1.08 bits per heavy atom. The molecule has 2 heterocycles. The van der Waals surface area contributed by atoms with Crippen LogP contribution in [0.15, 0.2) is 67.1 Å². The molecule has 0 saturated carbocycles. The maximum absolute atomic E-state index is 12.1. The monoisotopic (exact) mass is 351 g/mol. The van der Waals surface area contributed by atoms with Crippen molar-refractivity contribution in [2.75, 3.05) is 0 Å². The van der Waals surface area contributed by atoms with Gasteiger partial charge in [0.1, 0.15) is 0 Å². The fourth-order valence-corrected chi connectivity index (χ4v) is 2.79. The van der Waals surface area contributed by atoms with E-state index < -0.39 is 0 Å². The Hall–Kier alpha value is -2.72. The van der Waals surface area contributed by atoms with E-state index in [2.05, 4.69) is 15.3 Å². The zero-order valence-electron chi connectivity index (χ0n) is 13.7. The number of carbonyl (C=O) groups excluding carboxylic acids is 1. The summed E-state index contributed by atoms with van der Waals surface area (Å²) in [4.78, 5) is 20.7. The highest BCUT2D eigenvalue weighted by Crippen LogP contribution is 2.19. The molecule has 0 spiro atoms. The largest absolute Gasteiger partial charge is 0.352 e. The Balaban J connectivity index is 1.59. The number of rotatable bonds is 6. The van der Waals surface area contributed by atoms with Crippen LogP contribution in [0.4, 0.5) is 0 Å². The first-order valence-corrected chi connectivity index (χ1v) is 8.45. The van der Waals surface area contributed by atoms with Crippen LogP contribution in [0.5, 0.6) is 0 Å². The Morgan fingerprint density at radius 2 is 1.96 bits per heavy atom. The lowest BCUT2D eigenvalue weighted by Crippen LogP contribution is -2.23. The second kappa shape index (κ2) is 8.40. The molecule has 5 heteroatoms. The summed E-state index contributed by atoms with van der Waals surface area (Å²) in [6, 6.07) is 15.2. The minimum atomic E-state index is 0.000894. The van der Waals surface area contributed by atoms with Crippen molar-refractivity contribution in [2.24, 2.45) is 0 Å². The molecule has 3 rings (SSSR count). The maximum Gasteiger partial charge on any atom is 0.220 e. The molecule has 0 unspecified atom stereocenters. The molecule has 0 saturated heterocycles. The molecule has 0 fully saturated rings. The lowest BCUT2D eigenvalue weighted by Gasteiger charge is -2.10. The van der Waals surface area contributed by atoms with Crippen molar-refractivity contribution in [3.05, 3.63) is 83.3 Å². The molecule has 0 atom stereocenters. The smallest absolute Gasteiger partial charge is 0.220 e. The summed E-state index contributed by atoms with van der Waals surface area (Å²) in [5.74, 6) is 0.000894. The average molecular weight is 352 g/mol. The fourth-order valence-electron chi connectivity index (χ4n) is 2.58. The lowest BCUT2D eigenvalue weighted by molar-refractivity contribution is -0.121. The zero-order valence-corrected chi connectivity index (χ0v) is 14.4. The van der Waals surface area contributed by atoms with Gasteiger partial charge in [-0.2, -0.15) is 0 Å². The SMILES string of the molecule is O=C(CCc1cccc(Cl)c1)NCc1cccnc1-c1cccnc1. The fraction of sp³-hybridized carbons (Fsp3) is 0.150. The number of hydrogen-bond acceptors (Lipinski definition) is 3. The summed E-state index contributed by atoms with van der Waals surface area (Å²) in [5, 5.41) is 3.65. The zero-order chi connectivity index (χ0) is 17.5. The molecular formula is C20H18ClN3O. The second-order valence-electron chi connectivity index (χ2n) is 5.66. The highest BCUT2D eigenvalue weighted by atomic mass is 35.5. The van der Waals surface area contributed by atoms with Gasteiger partial charge in [-0.05, 0) is 47.9 Å². The third kappa shape index (κ3) is 4.88. The molecular weight excluding hydrogens is 334 g/mol. The molecule has 2 aromatic heterocycles. The van der Waals surface area contributed by atoms with E-state index in [1.807, 2.05) is 48.5 Å². The number of aromatic nitrogens is 2. The second-order valence-corrected chi connectivity index (χ2v) is 6.10. The molecule has 1 aromatic carbocycles. The Kier molecular flexibility index (Phi) is 5.75. The Labute approximate surface area is 151 Å².